The maximum absolute atomic E-state index is 12.2. The number of hydrogen-bond acceptors (Lipinski definition) is 8. The fourth-order valence-corrected chi connectivity index (χ4v) is 7.54. The van der Waals surface area contributed by atoms with Crippen LogP contribution in [0, 0.1) is 17.3 Å². The highest BCUT2D eigenvalue weighted by Gasteiger charge is 2.50. The molecule has 0 bridgehead atoms. The molecule has 9 nitrogen and oxygen atoms in total. The predicted octanol–water partition coefficient (Wildman–Crippen LogP) is 5.50. The van der Waals surface area contributed by atoms with Gasteiger partial charge in [-0.05, 0) is 88.4 Å². The van der Waals surface area contributed by atoms with E-state index < -0.39 is 12.9 Å². The van der Waals surface area contributed by atoms with Crippen molar-refractivity contribution in [2.24, 2.45) is 17.3 Å². The van der Waals surface area contributed by atoms with Gasteiger partial charge in [0.1, 0.15) is 0 Å². The number of ether oxygens (including phenoxy) is 1. The summed E-state index contributed by atoms with van der Waals surface area (Å²) in [5.41, 5.74) is 1.84. The van der Waals surface area contributed by atoms with Crippen molar-refractivity contribution in [2.75, 3.05) is 38.2 Å². The van der Waals surface area contributed by atoms with Crippen LogP contribution in [-0.4, -0.2) is 75.2 Å². The molecule has 4 aliphatic rings. The van der Waals surface area contributed by atoms with E-state index in [1.54, 1.807) is 18.2 Å². The fraction of sp³-hybridized carbons (Fsp3) is 0.633. The average Bonchev–Trinajstić information content (AvgIpc) is 3.71. The van der Waals surface area contributed by atoms with Gasteiger partial charge in [-0.25, -0.2) is 9.67 Å². The first-order valence-corrected chi connectivity index (χ1v) is 15.4. The molecular weight excluding hydrogens is 561 g/mol. The molecule has 0 spiro atoms. The van der Waals surface area contributed by atoms with Gasteiger partial charge in [0.05, 0.1) is 24.3 Å². The summed E-state index contributed by atoms with van der Waals surface area (Å²) in [6.07, 6.45) is 6.11. The minimum absolute atomic E-state index is 0.0996. The summed E-state index contributed by atoms with van der Waals surface area (Å²) in [7, 11) is 1.47. The van der Waals surface area contributed by atoms with Crippen LogP contribution in [0.3, 0.4) is 0 Å². The summed E-state index contributed by atoms with van der Waals surface area (Å²) >= 11 is 12.6. The van der Waals surface area contributed by atoms with Crippen LogP contribution < -0.4 is 4.90 Å². The molecule has 11 heteroatoms. The second-order valence-corrected chi connectivity index (χ2v) is 13.5. The van der Waals surface area contributed by atoms with Gasteiger partial charge in [0.15, 0.2) is 11.2 Å². The number of halogens is 2. The Balaban J connectivity index is 1.11. The van der Waals surface area contributed by atoms with Gasteiger partial charge in [-0.1, -0.05) is 34.5 Å². The first-order valence-electron chi connectivity index (χ1n) is 16.1. The van der Waals surface area contributed by atoms with E-state index >= 15 is 0 Å². The Morgan fingerprint density at radius 3 is 2.66 bits per heavy atom. The highest BCUT2D eigenvalue weighted by molar-refractivity contribution is 6.35. The molecule has 3 aromatic rings. The average molecular weight is 602 g/mol. The molecule has 2 aromatic heterocycles. The largest absolute Gasteiger partial charge is 0.469 e. The lowest BCUT2D eigenvalue weighted by molar-refractivity contribution is -0.162. The zero-order valence-electron chi connectivity index (χ0n) is 26.4. The van der Waals surface area contributed by atoms with Gasteiger partial charge in [0.25, 0.3) is 0 Å². The first kappa shape index (κ1) is 24.0. The Labute approximate surface area is 254 Å². The number of nitrogens with zero attached hydrogens (tertiary/aromatic N) is 7. The van der Waals surface area contributed by atoms with E-state index in [0.717, 1.165) is 64.0 Å². The minimum atomic E-state index is -2.47. The number of rotatable bonds is 7. The number of piperidine rings is 1. The van der Waals surface area contributed by atoms with Crippen molar-refractivity contribution in [3.8, 4) is 0 Å². The quantitative estimate of drug-likeness (QED) is 0.328. The topological polar surface area (TPSA) is 89.3 Å². The first-order chi connectivity index (χ1) is 20.9. The van der Waals surface area contributed by atoms with E-state index in [1.165, 1.54) is 18.2 Å². The van der Waals surface area contributed by atoms with E-state index in [2.05, 4.69) is 20.1 Å². The summed E-state index contributed by atoms with van der Waals surface area (Å²) < 4.78 is 31.6. The van der Waals surface area contributed by atoms with Crippen LogP contribution in [0.15, 0.2) is 18.2 Å². The van der Waals surface area contributed by atoms with Gasteiger partial charge in [0, 0.05) is 45.8 Å². The lowest BCUT2D eigenvalue weighted by atomic mass is 9.65. The Hall–Kier alpha value is -2.49. The minimum Gasteiger partial charge on any atom is -0.469 e. The predicted molar refractivity (Wildman–Crippen MR) is 159 cm³/mol. The summed E-state index contributed by atoms with van der Waals surface area (Å²) in [5.74, 6) is 1.89. The summed E-state index contributed by atoms with van der Waals surface area (Å²) in [5, 5.41) is 9.41. The van der Waals surface area contributed by atoms with Crippen LogP contribution in [0.1, 0.15) is 79.6 Å². The van der Waals surface area contributed by atoms with Crippen LogP contribution in [-0.2, 0) is 9.53 Å². The van der Waals surface area contributed by atoms with Crippen LogP contribution in [0.2, 0.25) is 10.0 Å². The molecule has 2 saturated carbocycles. The molecular formula is C30H37Cl2N7O2. The molecule has 4 fully saturated rings. The van der Waals surface area contributed by atoms with Crippen molar-refractivity contribution in [3.05, 3.63) is 39.5 Å². The molecule has 1 aromatic carbocycles. The smallest absolute Gasteiger partial charge is 0.311 e. The lowest BCUT2D eigenvalue weighted by Crippen LogP contribution is -2.58. The third-order valence-corrected chi connectivity index (χ3v) is 10.3. The third kappa shape index (κ3) is 4.87. The molecule has 4 heterocycles. The van der Waals surface area contributed by atoms with Gasteiger partial charge < -0.3 is 14.5 Å². The van der Waals surface area contributed by atoms with Crippen LogP contribution in [0.5, 0.6) is 0 Å². The molecule has 41 heavy (non-hydrogen) atoms. The van der Waals surface area contributed by atoms with Crippen LogP contribution in [0.4, 0.5) is 5.95 Å². The van der Waals surface area contributed by atoms with Crippen molar-refractivity contribution in [1.29, 1.82) is 0 Å². The zero-order chi connectivity index (χ0) is 31.0. The number of fused-ring (bicyclic) bond motifs is 1. The SMILES string of the molecule is [2H]C([2H])([2H])[C@H](c1ccc(Cl)cc1Cl)n1nnc2c(C3CC3)nc(N3CC([C@H]4CCCN(C5CC(C)(C(=O)OC)C5)C4)C3)nc21. The molecule has 0 unspecified atom stereocenters. The number of esters is 1. The molecule has 0 N–H and O–H groups in total. The normalized spacial score (nSPS) is 29.3. The van der Waals surface area contributed by atoms with Crippen molar-refractivity contribution in [3.63, 3.8) is 0 Å². The Morgan fingerprint density at radius 2 is 1.95 bits per heavy atom. The van der Waals surface area contributed by atoms with Gasteiger partial charge >= 0.3 is 5.97 Å². The molecule has 218 valence electrons. The number of hydrogen-bond donors (Lipinski definition) is 0. The number of anilines is 1. The second-order valence-electron chi connectivity index (χ2n) is 12.6. The van der Waals surface area contributed by atoms with Crippen molar-refractivity contribution in [2.45, 2.75) is 70.3 Å². The Kier molecular flexibility index (Phi) is 6.06. The molecule has 7 rings (SSSR count). The number of benzene rings is 1. The van der Waals surface area contributed by atoms with Crippen molar-refractivity contribution >= 4 is 46.3 Å². The Morgan fingerprint density at radius 1 is 1.15 bits per heavy atom. The number of carbonyl (C=O) groups is 1. The third-order valence-electron chi connectivity index (χ3n) is 9.72. The van der Waals surface area contributed by atoms with E-state index in [0.29, 0.717) is 45.6 Å². The highest BCUT2D eigenvalue weighted by Crippen LogP contribution is 2.46. The second kappa shape index (κ2) is 10.3. The zero-order valence-corrected chi connectivity index (χ0v) is 24.9. The molecule has 0 amide bonds. The standard InChI is InChI=1S/C30H37Cl2N7O2/c1-17(23-9-8-21(31)11-24(23)32)39-27-26(35-36-39)25(18-6-7-18)33-29(34-27)38-15-20(16-38)19-5-4-10-37(14-19)22-12-30(2,13-22)28(40)41-3/h8-9,11,17-20,22H,4-7,10,12-16H2,1-3H3/t17-,19+,22?,30?/m1/s1/i1D3. The molecule has 2 atom stereocenters. The van der Waals surface area contributed by atoms with E-state index in [4.69, 9.17) is 42.0 Å². The number of methoxy groups -OCH3 is 1. The maximum atomic E-state index is 12.2. The van der Waals surface area contributed by atoms with Crippen molar-refractivity contribution in [1.82, 2.24) is 29.9 Å². The van der Waals surface area contributed by atoms with Crippen LogP contribution in [0.25, 0.3) is 11.2 Å². The number of likely N-dealkylation sites (tertiary alicyclic amines) is 1. The number of carbonyl (C=O) groups excluding carboxylic acids is 1. The summed E-state index contributed by atoms with van der Waals surface area (Å²) in [6, 6.07) is 4.06. The Bertz CT molecular complexity index is 1580. The molecule has 2 saturated heterocycles. The van der Waals surface area contributed by atoms with E-state index in [9.17, 15) is 4.79 Å². The summed E-state index contributed by atoms with van der Waals surface area (Å²) in [6.45, 7) is 3.38. The van der Waals surface area contributed by atoms with E-state index in [1.807, 2.05) is 6.92 Å². The monoisotopic (exact) mass is 600 g/mol. The van der Waals surface area contributed by atoms with E-state index in [-0.39, 0.29) is 22.3 Å². The van der Waals surface area contributed by atoms with Gasteiger partial charge in [0.2, 0.25) is 5.95 Å². The van der Waals surface area contributed by atoms with Crippen LogP contribution >= 0.6 is 23.2 Å². The number of aromatic nitrogens is 5. The highest BCUT2D eigenvalue weighted by atomic mass is 35.5. The fourth-order valence-electron chi connectivity index (χ4n) is 7.03. The lowest BCUT2D eigenvalue weighted by Gasteiger charge is -2.52. The molecule has 2 aliphatic heterocycles. The molecule has 0 radical (unpaired) electrons. The summed E-state index contributed by atoms with van der Waals surface area (Å²) in [4.78, 5) is 26.8. The van der Waals surface area contributed by atoms with Gasteiger partial charge in [-0.2, -0.15) is 4.98 Å². The van der Waals surface area contributed by atoms with Gasteiger partial charge in [-0.15, -0.1) is 5.10 Å². The molecule has 2 aliphatic carbocycles. The van der Waals surface area contributed by atoms with Gasteiger partial charge in [-0.3, -0.25) is 4.79 Å². The maximum Gasteiger partial charge on any atom is 0.311 e. The van der Waals surface area contributed by atoms with Crippen molar-refractivity contribution < 1.29 is 13.6 Å².